The average molecular weight is 322 g/mol. The van der Waals surface area contributed by atoms with Gasteiger partial charge >= 0.3 is 5.97 Å². The third kappa shape index (κ3) is 3.81. The van der Waals surface area contributed by atoms with E-state index in [0.29, 0.717) is 6.42 Å². The van der Waals surface area contributed by atoms with Crippen LogP contribution in [-0.4, -0.2) is 30.5 Å². The van der Waals surface area contributed by atoms with Crippen molar-refractivity contribution in [1.82, 2.24) is 9.71 Å². The summed E-state index contributed by atoms with van der Waals surface area (Å²) in [5, 5.41) is 9.20. The highest BCUT2D eigenvalue weighted by Crippen LogP contribution is 2.21. The van der Waals surface area contributed by atoms with Crippen LogP contribution in [0.5, 0.6) is 0 Å². The number of sulfonamides is 1. The molecule has 1 rings (SSSR count). The highest BCUT2D eigenvalue weighted by Gasteiger charge is 2.30. The van der Waals surface area contributed by atoms with Gasteiger partial charge in [-0.1, -0.05) is 31.9 Å². The van der Waals surface area contributed by atoms with E-state index in [1.807, 2.05) is 0 Å². The number of carboxylic acids is 1. The number of anilines is 1. The van der Waals surface area contributed by atoms with Gasteiger partial charge in [0.1, 0.15) is 16.8 Å². The molecule has 4 N–H and O–H groups in total. The van der Waals surface area contributed by atoms with Crippen LogP contribution in [0.2, 0.25) is 5.02 Å². The molecule has 2 atom stereocenters. The van der Waals surface area contributed by atoms with Gasteiger partial charge in [0.25, 0.3) is 0 Å². The summed E-state index contributed by atoms with van der Waals surface area (Å²) in [5.41, 5.74) is 5.50. The Labute approximate surface area is 122 Å². The van der Waals surface area contributed by atoms with Crippen LogP contribution in [0.25, 0.3) is 0 Å². The summed E-state index contributed by atoms with van der Waals surface area (Å²) in [7, 11) is -4.12. The second-order valence-corrected chi connectivity index (χ2v) is 6.48. The normalized spacial score (nSPS) is 14.8. The third-order valence-corrected chi connectivity index (χ3v) is 4.58. The number of halogens is 1. The summed E-state index contributed by atoms with van der Waals surface area (Å²) in [6, 6.07) is -0.120. The number of pyridine rings is 1. The number of hydrogen-bond donors (Lipinski definition) is 3. The van der Waals surface area contributed by atoms with Crippen LogP contribution >= 0.6 is 11.6 Å². The van der Waals surface area contributed by atoms with Crippen molar-refractivity contribution >= 4 is 33.4 Å². The van der Waals surface area contributed by atoms with Gasteiger partial charge in [0, 0.05) is 6.20 Å². The highest BCUT2D eigenvalue weighted by molar-refractivity contribution is 7.89. The second kappa shape index (κ2) is 6.38. The first kappa shape index (κ1) is 16.7. The predicted molar refractivity (Wildman–Crippen MR) is 74.9 cm³/mol. The van der Waals surface area contributed by atoms with E-state index < -0.39 is 22.0 Å². The SMILES string of the molecule is CC[C@H](C)[C@H](NS(=O)(=O)c1cc(Cl)cnc1N)C(=O)O. The molecule has 0 aliphatic heterocycles. The van der Waals surface area contributed by atoms with Gasteiger partial charge in [-0.15, -0.1) is 0 Å². The molecule has 112 valence electrons. The zero-order valence-electron chi connectivity index (χ0n) is 11.0. The van der Waals surface area contributed by atoms with Crippen molar-refractivity contribution in [1.29, 1.82) is 0 Å². The Kier molecular flexibility index (Phi) is 5.32. The maximum absolute atomic E-state index is 12.2. The summed E-state index contributed by atoms with van der Waals surface area (Å²) in [4.78, 5) is 14.5. The second-order valence-electron chi connectivity index (χ2n) is 4.36. The van der Waals surface area contributed by atoms with E-state index in [4.69, 9.17) is 22.4 Å². The Morgan fingerprint density at radius 3 is 2.70 bits per heavy atom. The predicted octanol–water partition coefficient (Wildman–Crippen LogP) is 1.09. The minimum absolute atomic E-state index is 0.0926. The zero-order valence-corrected chi connectivity index (χ0v) is 12.6. The number of nitrogens with zero attached hydrogens (tertiary/aromatic N) is 1. The molecule has 7 nitrogen and oxygen atoms in total. The van der Waals surface area contributed by atoms with Crippen molar-refractivity contribution in [3.63, 3.8) is 0 Å². The minimum Gasteiger partial charge on any atom is -0.480 e. The molecule has 0 aromatic carbocycles. The standard InChI is InChI=1S/C11H16ClN3O4S/c1-3-6(2)9(11(16)17)15-20(18,19)8-4-7(12)5-14-10(8)13/h4-6,9,15H,3H2,1-2H3,(H2,13,14)(H,16,17)/t6-,9-/m0/s1. The lowest BCUT2D eigenvalue weighted by Gasteiger charge is -2.20. The smallest absolute Gasteiger partial charge is 0.322 e. The Morgan fingerprint density at radius 1 is 1.60 bits per heavy atom. The Bertz CT molecular complexity index is 606. The van der Waals surface area contributed by atoms with Crippen LogP contribution in [0.4, 0.5) is 5.82 Å². The topological polar surface area (TPSA) is 122 Å². The van der Waals surface area contributed by atoms with Gasteiger partial charge in [-0.25, -0.2) is 13.4 Å². The van der Waals surface area contributed by atoms with Crippen molar-refractivity contribution in [2.45, 2.75) is 31.2 Å². The molecule has 1 heterocycles. The first-order valence-electron chi connectivity index (χ1n) is 5.85. The van der Waals surface area contributed by atoms with Crippen molar-refractivity contribution in [2.24, 2.45) is 5.92 Å². The van der Waals surface area contributed by atoms with Crippen LogP contribution in [-0.2, 0) is 14.8 Å². The van der Waals surface area contributed by atoms with Gasteiger partial charge in [-0.05, 0) is 12.0 Å². The molecule has 0 fully saturated rings. The number of nitrogens with two attached hydrogens (primary N) is 1. The molecule has 1 aromatic heterocycles. The number of nitrogen functional groups attached to an aromatic ring is 1. The Balaban J connectivity index is 3.16. The minimum atomic E-state index is -4.12. The number of nitrogens with one attached hydrogen (secondary N) is 1. The molecule has 0 aliphatic carbocycles. The van der Waals surface area contributed by atoms with Crippen molar-refractivity contribution in [3.05, 3.63) is 17.3 Å². The third-order valence-electron chi connectivity index (χ3n) is 2.90. The molecule has 0 radical (unpaired) electrons. The number of aliphatic carboxylic acids is 1. The molecule has 0 unspecified atom stereocenters. The molecule has 20 heavy (non-hydrogen) atoms. The maximum Gasteiger partial charge on any atom is 0.322 e. The van der Waals surface area contributed by atoms with Crippen molar-refractivity contribution in [3.8, 4) is 0 Å². The first-order chi connectivity index (χ1) is 9.19. The quantitative estimate of drug-likeness (QED) is 0.721. The summed E-state index contributed by atoms with van der Waals surface area (Å²) < 4.78 is 26.5. The van der Waals surface area contributed by atoms with Crippen molar-refractivity contribution in [2.75, 3.05) is 5.73 Å². The van der Waals surface area contributed by atoms with Crippen LogP contribution in [0.3, 0.4) is 0 Å². The van der Waals surface area contributed by atoms with E-state index >= 15 is 0 Å². The van der Waals surface area contributed by atoms with Gasteiger partial charge in [0.05, 0.1) is 5.02 Å². The monoisotopic (exact) mass is 321 g/mol. The lowest BCUT2D eigenvalue weighted by Crippen LogP contribution is -2.45. The van der Waals surface area contributed by atoms with E-state index in [2.05, 4.69) is 9.71 Å². The Morgan fingerprint density at radius 2 is 2.20 bits per heavy atom. The number of rotatable bonds is 6. The molecule has 0 bridgehead atoms. The first-order valence-corrected chi connectivity index (χ1v) is 7.71. The molecule has 0 amide bonds. The van der Waals surface area contributed by atoms with Gasteiger partial charge < -0.3 is 10.8 Å². The molecule has 0 saturated heterocycles. The molecular formula is C11H16ClN3O4S. The number of aromatic nitrogens is 1. The van der Waals surface area contributed by atoms with Gasteiger partial charge in [0.15, 0.2) is 0 Å². The lowest BCUT2D eigenvalue weighted by molar-refractivity contribution is -0.140. The van der Waals surface area contributed by atoms with Crippen LogP contribution in [0.15, 0.2) is 17.2 Å². The molecule has 0 saturated carbocycles. The van der Waals surface area contributed by atoms with Gasteiger partial charge in [-0.2, -0.15) is 4.72 Å². The summed E-state index contributed by atoms with van der Waals surface area (Å²) in [6.07, 6.45) is 1.71. The van der Waals surface area contributed by atoms with E-state index in [-0.39, 0.29) is 21.7 Å². The van der Waals surface area contributed by atoms with Gasteiger partial charge in [-0.3, -0.25) is 4.79 Å². The van der Waals surface area contributed by atoms with Gasteiger partial charge in [0.2, 0.25) is 10.0 Å². The molecular weight excluding hydrogens is 306 g/mol. The van der Waals surface area contributed by atoms with E-state index in [1.54, 1.807) is 13.8 Å². The fraction of sp³-hybridized carbons (Fsp3) is 0.455. The zero-order chi connectivity index (χ0) is 15.5. The van der Waals surface area contributed by atoms with E-state index in [9.17, 15) is 13.2 Å². The highest BCUT2D eigenvalue weighted by atomic mass is 35.5. The summed E-state index contributed by atoms with van der Waals surface area (Å²) in [6.45, 7) is 3.41. The van der Waals surface area contributed by atoms with E-state index in [0.717, 1.165) is 6.07 Å². The largest absolute Gasteiger partial charge is 0.480 e. The summed E-state index contributed by atoms with van der Waals surface area (Å²) in [5.74, 6) is -1.87. The average Bonchev–Trinajstić information content (AvgIpc) is 2.37. The molecule has 0 aliphatic rings. The van der Waals surface area contributed by atoms with E-state index in [1.165, 1.54) is 6.20 Å². The van der Waals surface area contributed by atoms with Crippen LogP contribution in [0, 0.1) is 5.92 Å². The lowest BCUT2D eigenvalue weighted by atomic mass is 10.0. The number of hydrogen-bond acceptors (Lipinski definition) is 5. The van der Waals surface area contributed by atoms with Crippen LogP contribution < -0.4 is 10.5 Å². The summed E-state index contributed by atoms with van der Waals surface area (Å²) >= 11 is 5.69. The Hall–Kier alpha value is -1.38. The molecule has 1 aromatic rings. The molecule has 0 spiro atoms. The maximum atomic E-state index is 12.2. The number of carbonyl (C=O) groups is 1. The van der Waals surface area contributed by atoms with Crippen molar-refractivity contribution < 1.29 is 18.3 Å². The fourth-order valence-electron chi connectivity index (χ4n) is 1.52. The fourth-order valence-corrected chi connectivity index (χ4v) is 3.15. The number of carboxylic acid groups (broad SMARTS) is 1. The van der Waals surface area contributed by atoms with Crippen LogP contribution in [0.1, 0.15) is 20.3 Å². The molecule has 9 heteroatoms.